The van der Waals surface area contributed by atoms with E-state index in [1.165, 1.54) is 34.8 Å². The minimum absolute atomic E-state index is 0.157. The van der Waals surface area contributed by atoms with Crippen LogP contribution in [-0.4, -0.2) is 16.7 Å². The molecule has 1 N–H and O–H groups in total. The maximum atomic E-state index is 13.7. The lowest BCUT2D eigenvalue weighted by atomic mass is 10.0. The molecule has 0 spiro atoms. The topological polar surface area (TPSA) is 49.4 Å². The molecule has 7 heteroatoms. The van der Waals surface area contributed by atoms with E-state index in [9.17, 15) is 14.0 Å². The molecule has 0 saturated carbocycles. The lowest BCUT2D eigenvalue weighted by Gasteiger charge is -2.31. The molecule has 2 aromatic heterocycles. The van der Waals surface area contributed by atoms with Gasteiger partial charge in [-0.1, -0.05) is 54.6 Å². The Kier molecular flexibility index (Phi) is 7.65. The lowest BCUT2D eigenvalue weighted by molar-refractivity contribution is -0.141. The van der Waals surface area contributed by atoms with Gasteiger partial charge in [0.2, 0.25) is 11.8 Å². The first-order chi connectivity index (χ1) is 16.1. The summed E-state index contributed by atoms with van der Waals surface area (Å²) in [5.41, 5.74) is 1.52. The van der Waals surface area contributed by atoms with Crippen molar-refractivity contribution in [3.05, 3.63) is 116 Å². The molecule has 0 fully saturated rings. The van der Waals surface area contributed by atoms with Gasteiger partial charge in [-0.2, -0.15) is 0 Å². The molecule has 33 heavy (non-hydrogen) atoms. The summed E-state index contributed by atoms with van der Waals surface area (Å²) in [5, 5.41) is 6.84. The third-order valence-corrected chi connectivity index (χ3v) is 6.93. The third-order valence-electron chi connectivity index (χ3n) is 5.19. The molecule has 2 aromatic carbocycles. The summed E-state index contributed by atoms with van der Waals surface area (Å²) in [6.45, 7) is 0.631. The van der Waals surface area contributed by atoms with E-state index in [2.05, 4.69) is 5.32 Å². The Balaban J connectivity index is 1.65. The fourth-order valence-electron chi connectivity index (χ4n) is 3.56. The average Bonchev–Trinajstić information content (AvgIpc) is 3.53. The molecule has 1 unspecified atom stereocenters. The van der Waals surface area contributed by atoms with E-state index in [1.54, 1.807) is 17.0 Å². The quantitative estimate of drug-likeness (QED) is 0.342. The Bertz CT molecular complexity index is 1160. The number of hydrogen-bond donors (Lipinski definition) is 1. The van der Waals surface area contributed by atoms with E-state index in [4.69, 9.17) is 0 Å². The Morgan fingerprint density at radius 3 is 2.15 bits per heavy atom. The maximum Gasteiger partial charge on any atom is 0.247 e. The van der Waals surface area contributed by atoms with Gasteiger partial charge in [-0.15, -0.1) is 22.7 Å². The number of nitrogens with one attached hydrogen (secondary N) is 1. The van der Waals surface area contributed by atoms with Crippen LogP contribution in [0, 0.1) is 5.82 Å². The zero-order valence-electron chi connectivity index (χ0n) is 17.8. The number of carbonyl (C=O) groups excluding carboxylic acids is 2. The molecule has 0 radical (unpaired) electrons. The number of benzene rings is 2. The van der Waals surface area contributed by atoms with Crippen molar-refractivity contribution >= 4 is 34.5 Å². The summed E-state index contributed by atoms with van der Waals surface area (Å²) >= 11 is 3.04. The van der Waals surface area contributed by atoms with Gasteiger partial charge in [0.1, 0.15) is 11.9 Å². The van der Waals surface area contributed by atoms with Crippen LogP contribution in [0.15, 0.2) is 89.6 Å². The highest BCUT2D eigenvalue weighted by molar-refractivity contribution is 7.10. The Morgan fingerprint density at radius 2 is 1.52 bits per heavy atom. The van der Waals surface area contributed by atoms with Crippen molar-refractivity contribution in [1.82, 2.24) is 10.2 Å². The Hall–Kier alpha value is -3.29. The molecular formula is C26H23FN2O2S2. The third kappa shape index (κ3) is 6.15. The monoisotopic (exact) mass is 478 g/mol. The van der Waals surface area contributed by atoms with Gasteiger partial charge in [0.15, 0.2) is 0 Å². The molecule has 4 aromatic rings. The van der Waals surface area contributed by atoms with Crippen molar-refractivity contribution in [3.63, 3.8) is 0 Å². The summed E-state index contributed by atoms with van der Waals surface area (Å²) in [4.78, 5) is 30.5. The Morgan fingerprint density at radius 1 is 0.848 bits per heavy atom. The molecular weight excluding hydrogens is 455 g/mol. The van der Waals surface area contributed by atoms with Crippen molar-refractivity contribution in [2.45, 2.75) is 25.6 Å². The first-order valence-electron chi connectivity index (χ1n) is 10.5. The van der Waals surface area contributed by atoms with Crippen molar-refractivity contribution in [2.24, 2.45) is 0 Å². The van der Waals surface area contributed by atoms with Crippen LogP contribution in [-0.2, 0) is 29.1 Å². The minimum Gasteiger partial charge on any atom is -0.350 e. The molecule has 2 amide bonds. The summed E-state index contributed by atoms with van der Waals surface area (Å²) in [6.07, 6.45) is 0.201. The van der Waals surface area contributed by atoms with Gasteiger partial charge in [-0.25, -0.2) is 4.39 Å². The van der Waals surface area contributed by atoms with Crippen molar-refractivity contribution < 1.29 is 14.0 Å². The molecule has 4 nitrogen and oxygen atoms in total. The van der Waals surface area contributed by atoms with Crippen LogP contribution in [0.2, 0.25) is 0 Å². The van der Waals surface area contributed by atoms with E-state index < -0.39 is 11.9 Å². The molecule has 0 bridgehead atoms. The van der Waals surface area contributed by atoms with Crippen LogP contribution in [0.4, 0.5) is 4.39 Å². The molecule has 168 valence electrons. The first-order valence-corrected chi connectivity index (χ1v) is 12.3. The van der Waals surface area contributed by atoms with Crippen molar-refractivity contribution in [3.8, 4) is 0 Å². The predicted molar refractivity (Wildman–Crippen MR) is 130 cm³/mol. The van der Waals surface area contributed by atoms with Crippen LogP contribution >= 0.6 is 22.7 Å². The van der Waals surface area contributed by atoms with Gasteiger partial charge >= 0.3 is 0 Å². The zero-order valence-corrected chi connectivity index (χ0v) is 19.5. The normalized spacial score (nSPS) is 11.7. The van der Waals surface area contributed by atoms with Gasteiger partial charge in [0, 0.05) is 16.3 Å². The van der Waals surface area contributed by atoms with Crippen molar-refractivity contribution in [1.29, 1.82) is 0 Å². The standard InChI is InChI=1S/C26H23FN2O2S2/c27-21-12-10-20(11-13-21)25(26(31)28-17-19-6-2-1-3-7-19)29(18-23-9-5-15-33-23)24(30)16-22-8-4-14-32-22/h1-15,25H,16-18H2,(H,28,31). The summed E-state index contributed by atoms with van der Waals surface area (Å²) in [6, 6.07) is 22.2. The van der Waals surface area contributed by atoms with Crippen LogP contribution in [0.3, 0.4) is 0 Å². The fraction of sp³-hybridized carbons (Fsp3) is 0.154. The second kappa shape index (κ2) is 11.0. The van der Waals surface area contributed by atoms with E-state index >= 15 is 0 Å². The van der Waals surface area contributed by atoms with Crippen LogP contribution < -0.4 is 5.32 Å². The molecule has 1 atom stereocenters. The number of halogens is 1. The molecule has 0 saturated heterocycles. The van der Waals surface area contributed by atoms with E-state index in [1.807, 2.05) is 65.4 Å². The van der Waals surface area contributed by atoms with Gasteiger partial charge in [0.25, 0.3) is 0 Å². The fourth-order valence-corrected chi connectivity index (χ4v) is 4.96. The number of nitrogens with zero attached hydrogens (tertiary/aromatic N) is 1. The van der Waals surface area contributed by atoms with Gasteiger partial charge in [0.05, 0.1) is 13.0 Å². The average molecular weight is 479 g/mol. The second-order valence-corrected chi connectivity index (χ2v) is 9.58. The van der Waals surface area contributed by atoms with Crippen molar-refractivity contribution in [2.75, 3.05) is 0 Å². The molecule has 2 heterocycles. The number of carbonyl (C=O) groups is 2. The zero-order chi connectivity index (χ0) is 23.0. The number of rotatable bonds is 9. The van der Waals surface area contributed by atoms with E-state index in [0.717, 1.165) is 15.3 Å². The molecule has 0 aliphatic heterocycles. The van der Waals surface area contributed by atoms with Crippen LogP contribution in [0.5, 0.6) is 0 Å². The molecule has 0 aliphatic carbocycles. The second-order valence-electron chi connectivity index (χ2n) is 7.51. The highest BCUT2D eigenvalue weighted by Gasteiger charge is 2.32. The minimum atomic E-state index is -0.885. The molecule has 0 aliphatic rings. The Labute approximate surface area is 200 Å². The number of amides is 2. The first kappa shape index (κ1) is 22.9. The van der Waals surface area contributed by atoms with E-state index in [-0.39, 0.29) is 18.2 Å². The number of hydrogen-bond acceptors (Lipinski definition) is 4. The summed E-state index contributed by atoms with van der Waals surface area (Å²) in [7, 11) is 0. The summed E-state index contributed by atoms with van der Waals surface area (Å²) < 4.78 is 13.7. The highest BCUT2D eigenvalue weighted by atomic mass is 32.1. The molecule has 4 rings (SSSR count). The summed E-state index contributed by atoms with van der Waals surface area (Å²) in [5.74, 6) is -0.853. The maximum absolute atomic E-state index is 13.7. The van der Waals surface area contributed by atoms with Gasteiger partial charge in [-0.3, -0.25) is 9.59 Å². The SMILES string of the molecule is O=C(NCc1ccccc1)C(c1ccc(F)cc1)N(Cc1cccs1)C(=O)Cc1cccs1. The number of thiophene rings is 2. The van der Waals surface area contributed by atoms with Gasteiger partial charge in [-0.05, 0) is 46.2 Å². The lowest BCUT2D eigenvalue weighted by Crippen LogP contribution is -2.43. The largest absolute Gasteiger partial charge is 0.350 e. The predicted octanol–water partition coefficient (Wildman–Crippen LogP) is 5.58. The van der Waals surface area contributed by atoms with Crippen LogP contribution in [0.1, 0.15) is 26.9 Å². The van der Waals surface area contributed by atoms with E-state index in [0.29, 0.717) is 18.7 Å². The van der Waals surface area contributed by atoms with Crippen LogP contribution in [0.25, 0.3) is 0 Å². The smallest absolute Gasteiger partial charge is 0.247 e. The highest BCUT2D eigenvalue weighted by Crippen LogP contribution is 2.27. The van der Waals surface area contributed by atoms with Gasteiger partial charge < -0.3 is 10.2 Å².